The van der Waals surface area contributed by atoms with E-state index in [0.717, 1.165) is 11.1 Å². The van der Waals surface area contributed by atoms with Gasteiger partial charge < -0.3 is 24.1 Å². The number of rotatable bonds is 9. The van der Waals surface area contributed by atoms with E-state index in [1.54, 1.807) is 56.0 Å². The van der Waals surface area contributed by atoms with Crippen LogP contribution in [0.25, 0.3) is 11.0 Å². The monoisotopic (exact) mass is 567 g/mol. The number of methoxy groups -OCH3 is 2. The molecule has 0 aliphatic heterocycles. The zero-order valence-corrected chi connectivity index (χ0v) is 23.5. The smallest absolute Gasteiger partial charge is 0.407 e. The number of carbonyl (C=O) groups excluding carboxylic acids is 1. The van der Waals surface area contributed by atoms with Crippen molar-refractivity contribution in [3.8, 4) is 23.8 Å². The maximum atomic E-state index is 13.2. The molecule has 4 aromatic rings. The fraction of sp³-hybridized carbons (Fsp3) is 0.296. The van der Waals surface area contributed by atoms with Crippen molar-refractivity contribution in [2.24, 2.45) is 0 Å². The Morgan fingerprint density at radius 1 is 1.12 bits per heavy atom. The number of hydrogen-bond acceptors (Lipinski definition) is 9. The van der Waals surface area contributed by atoms with Gasteiger partial charge in [-0.3, -0.25) is 9.40 Å². The number of ether oxygens (including phenoxy) is 3. The Bertz CT molecular complexity index is 1690. The highest BCUT2D eigenvalue weighted by molar-refractivity contribution is 7.92. The van der Waals surface area contributed by atoms with E-state index in [-0.39, 0.29) is 23.0 Å². The molecule has 0 radical (unpaired) electrons. The molecule has 2 N–H and O–H groups in total. The van der Waals surface area contributed by atoms with E-state index in [1.165, 1.54) is 26.4 Å². The van der Waals surface area contributed by atoms with Crippen LogP contribution in [-0.4, -0.2) is 49.3 Å². The second kappa shape index (κ2) is 11.2. The van der Waals surface area contributed by atoms with Crippen molar-refractivity contribution in [3.63, 3.8) is 0 Å². The van der Waals surface area contributed by atoms with Crippen molar-refractivity contribution in [2.45, 2.75) is 44.4 Å². The minimum Gasteiger partial charge on any atom is -0.496 e. The fourth-order valence-corrected chi connectivity index (χ4v) is 5.03. The number of nitrogens with zero attached hydrogens (tertiary/aromatic N) is 3. The van der Waals surface area contributed by atoms with Crippen LogP contribution in [-0.2, 0) is 27.8 Å². The molecule has 210 valence electrons. The molecule has 0 fully saturated rings. The average Bonchev–Trinajstić information content (AvgIpc) is 3.52. The normalized spacial score (nSPS) is 11.6. The van der Waals surface area contributed by atoms with Gasteiger partial charge in [-0.15, -0.1) is 6.42 Å². The minimum absolute atomic E-state index is 0.0545. The first kappa shape index (κ1) is 28.3. The lowest BCUT2D eigenvalue weighted by molar-refractivity contribution is 0.0523. The van der Waals surface area contributed by atoms with E-state index in [9.17, 15) is 13.2 Å². The van der Waals surface area contributed by atoms with Gasteiger partial charge in [0.25, 0.3) is 10.0 Å². The second-order valence-corrected chi connectivity index (χ2v) is 11.4. The lowest BCUT2D eigenvalue weighted by atomic mass is 10.1. The number of anilines is 1. The van der Waals surface area contributed by atoms with Crippen LogP contribution in [0.15, 0.2) is 52.1 Å². The molecule has 12 nitrogen and oxygen atoms in total. The molecule has 2 heterocycles. The highest BCUT2D eigenvalue weighted by Crippen LogP contribution is 2.36. The van der Waals surface area contributed by atoms with Gasteiger partial charge in [-0.25, -0.2) is 13.2 Å². The number of terminal acetylenes is 1. The molecule has 0 aliphatic carbocycles. The topological polar surface area (TPSA) is 147 Å². The van der Waals surface area contributed by atoms with Crippen LogP contribution < -0.4 is 19.5 Å². The third kappa shape index (κ3) is 6.47. The van der Waals surface area contributed by atoms with Crippen LogP contribution in [0.2, 0.25) is 0 Å². The molecule has 40 heavy (non-hydrogen) atoms. The lowest BCUT2D eigenvalue weighted by Crippen LogP contribution is -2.32. The molecular weight excluding hydrogens is 538 g/mol. The molecule has 2 aromatic carbocycles. The summed E-state index contributed by atoms with van der Waals surface area (Å²) < 4.78 is 52.0. The quantitative estimate of drug-likeness (QED) is 0.288. The average molecular weight is 568 g/mol. The Morgan fingerprint density at radius 3 is 2.55 bits per heavy atom. The van der Waals surface area contributed by atoms with Crippen LogP contribution in [0.5, 0.6) is 11.5 Å². The Labute approximate surface area is 231 Å². The summed E-state index contributed by atoms with van der Waals surface area (Å²) >= 11 is 0. The summed E-state index contributed by atoms with van der Waals surface area (Å²) in [6, 6.07) is 7.83. The van der Waals surface area contributed by atoms with Crippen LogP contribution in [0.1, 0.15) is 37.5 Å². The van der Waals surface area contributed by atoms with Crippen molar-refractivity contribution in [2.75, 3.05) is 18.9 Å². The number of benzene rings is 2. The molecule has 0 saturated heterocycles. The molecule has 0 aliphatic rings. The van der Waals surface area contributed by atoms with E-state index in [0.29, 0.717) is 28.8 Å². The Balaban J connectivity index is 1.54. The third-order valence-corrected chi connectivity index (χ3v) is 6.90. The summed E-state index contributed by atoms with van der Waals surface area (Å²) in [4.78, 5) is 11.8. The van der Waals surface area contributed by atoms with E-state index in [4.69, 9.17) is 25.2 Å². The summed E-state index contributed by atoms with van der Waals surface area (Å²) in [7, 11) is -1.34. The lowest BCUT2D eigenvalue weighted by Gasteiger charge is -2.19. The first-order valence-electron chi connectivity index (χ1n) is 12.0. The number of carbonyl (C=O) groups is 1. The van der Waals surface area contributed by atoms with E-state index in [2.05, 4.69) is 26.2 Å². The number of sulfonamides is 1. The van der Waals surface area contributed by atoms with Crippen molar-refractivity contribution in [1.29, 1.82) is 0 Å². The molecule has 0 spiro atoms. The molecular formula is C27H29N5O7S. The second-order valence-electron chi connectivity index (χ2n) is 9.72. The van der Waals surface area contributed by atoms with E-state index >= 15 is 0 Å². The Hall–Kier alpha value is -4.70. The van der Waals surface area contributed by atoms with E-state index < -0.39 is 21.7 Å². The van der Waals surface area contributed by atoms with Gasteiger partial charge in [-0.2, -0.15) is 5.10 Å². The SMILES string of the molecule is C#Cc1ccc(OC)c(S(=O)(=O)Nc2noc3cc(Cn4cc(CNC(=O)OC(C)(C)C)cn4)cc(OC)c23)c1. The van der Waals surface area contributed by atoms with Gasteiger partial charge in [0.05, 0.1) is 27.0 Å². The fourth-order valence-electron chi connectivity index (χ4n) is 3.83. The summed E-state index contributed by atoms with van der Waals surface area (Å²) in [6.45, 7) is 5.96. The number of alkyl carbamates (subject to hydrolysis) is 1. The maximum Gasteiger partial charge on any atom is 0.407 e. The molecule has 4 rings (SSSR count). The van der Waals surface area contributed by atoms with E-state index in [1.807, 2.05) is 0 Å². The molecule has 13 heteroatoms. The van der Waals surface area contributed by atoms with Crippen LogP contribution >= 0.6 is 0 Å². The summed E-state index contributed by atoms with van der Waals surface area (Å²) in [6.07, 6.45) is 8.34. The predicted octanol–water partition coefficient (Wildman–Crippen LogP) is 3.90. The van der Waals surface area contributed by atoms with Crippen molar-refractivity contribution in [1.82, 2.24) is 20.3 Å². The highest BCUT2D eigenvalue weighted by atomic mass is 32.2. The van der Waals surface area contributed by atoms with Crippen LogP contribution in [0.3, 0.4) is 0 Å². The van der Waals surface area contributed by atoms with Crippen molar-refractivity contribution < 1.29 is 31.9 Å². The molecule has 0 saturated carbocycles. The van der Waals surface area contributed by atoms with Gasteiger partial charge in [0.2, 0.25) is 0 Å². The summed E-state index contributed by atoms with van der Waals surface area (Å²) in [5, 5.41) is 11.3. The number of amides is 1. The number of nitrogens with one attached hydrogen (secondary N) is 2. The van der Waals surface area contributed by atoms with Crippen molar-refractivity contribution in [3.05, 3.63) is 59.4 Å². The third-order valence-electron chi connectivity index (χ3n) is 5.54. The van der Waals surface area contributed by atoms with Gasteiger partial charge in [0, 0.05) is 23.9 Å². The highest BCUT2D eigenvalue weighted by Gasteiger charge is 2.25. The van der Waals surface area contributed by atoms with Gasteiger partial charge in [0.15, 0.2) is 11.4 Å². The molecule has 2 aromatic heterocycles. The molecule has 0 unspecified atom stereocenters. The van der Waals surface area contributed by atoms with Crippen LogP contribution in [0, 0.1) is 12.3 Å². The Morgan fingerprint density at radius 2 is 1.88 bits per heavy atom. The number of aromatic nitrogens is 3. The van der Waals surface area contributed by atoms with Gasteiger partial charge in [0.1, 0.15) is 27.4 Å². The largest absolute Gasteiger partial charge is 0.496 e. The summed E-state index contributed by atoms with van der Waals surface area (Å²) in [5.41, 5.74) is 1.62. The number of hydrogen-bond donors (Lipinski definition) is 2. The van der Waals surface area contributed by atoms with Gasteiger partial charge >= 0.3 is 6.09 Å². The molecule has 1 amide bonds. The Kier molecular flexibility index (Phi) is 7.92. The number of fused-ring (bicyclic) bond motifs is 1. The standard InChI is InChI=1S/C27H29N5O7S/c1-7-17-8-9-20(36-5)23(12-17)40(34,35)31-25-24-21(37-6)10-18(11-22(24)39-30-25)15-32-16-19(14-29-32)13-28-26(33)38-27(2,3)4/h1,8-12,14,16H,13,15H2,2-6H3,(H,28,33)(H,30,31). The molecule has 0 bridgehead atoms. The predicted molar refractivity (Wildman–Crippen MR) is 147 cm³/mol. The van der Waals surface area contributed by atoms with Crippen molar-refractivity contribution >= 4 is 32.9 Å². The maximum absolute atomic E-state index is 13.2. The zero-order chi connectivity index (χ0) is 29.1. The first-order chi connectivity index (χ1) is 18.9. The first-order valence-corrected chi connectivity index (χ1v) is 13.5. The van der Waals surface area contributed by atoms with Gasteiger partial charge in [-0.05, 0) is 56.7 Å². The molecule has 0 atom stereocenters. The van der Waals surface area contributed by atoms with Gasteiger partial charge in [-0.1, -0.05) is 11.1 Å². The minimum atomic E-state index is -4.15. The summed E-state index contributed by atoms with van der Waals surface area (Å²) in [5.74, 6) is 2.82. The zero-order valence-electron chi connectivity index (χ0n) is 22.6. The van der Waals surface area contributed by atoms with Crippen LogP contribution in [0.4, 0.5) is 10.6 Å².